The van der Waals surface area contributed by atoms with Crippen LogP contribution < -0.4 is 15.5 Å². The van der Waals surface area contributed by atoms with Crippen molar-refractivity contribution in [2.75, 3.05) is 24.8 Å². The molecule has 4 rings (SSSR count). The Bertz CT molecular complexity index is 1160. The number of nitriles is 1. The van der Waals surface area contributed by atoms with Crippen LogP contribution in [0.3, 0.4) is 0 Å². The summed E-state index contributed by atoms with van der Waals surface area (Å²) in [6.07, 6.45) is 1.24. The molecule has 2 aromatic heterocycles. The SMILES string of the molecule is Cc1ccc2c(c1)[C@@H](C)Oc1nc(cnc1N)-c1c(nn(C)c1C#N)CN(C)N2C. The smallest absolute Gasteiger partial charge is 0.258 e. The lowest BCUT2D eigenvalue weighted by Crippen LogP contribution is -2.37. The van der Waals surface area contributed by atoms with E-state index in [4.69, 9.17) is 10.5 Å². The third-order valence-electron chi connectivity index (χ3n) is 5.40. The number of ether oxygens (including phenoxy) is 1. The number of hydrazine groups is 1. The number of fused-ring (bicyclic) bond motifs is 5. The monoisotopic (exact) mass is 404 g/mol. The zero-order valence-corrected chi connectivity index (χ0v) is 17.7. The highest BCUT2D eigenvalue weighted by molar-refractivity contribution is 5.69. The fraction of sp³-hybridized carbons (Fsp3) is 0.333. The Morgan fingerprint density at radius 1 is 1.27 bits per heavy atom. The summed E-state index contributed by atoms with van der Waals surface area (Å²) < 4.78 is 7.73. The van der Waals surface area contributed by atoms with Crippen molar-refractivity contribution in [3.05, 3.63) is 46.9 Å². The Morgan fingerprint density at radius 3 is 2.77 bits per heavy atom. The summed E-state index contributed by atoms with van der Waals surface area (Å²) in [5.74, 6) is 0.439. The minimum Gasteiger partial charge on any atom is -0.467 e. The van der Waals surface area contributed by atoms with E-state index in [1.165, 1.54) is 0 Å². The fourth-order valence-electron chi connectivity index (χ4n) is 3.71. The molecule has 3 aromatic rings. The van der Waals surface area contributed by atoms with Crippen LogP contribution in [0.25, 0.3) is 11.3 Å². The molecule has 0 amide bonds. The number of anilines is 2. The molecular weight excluding hydrogens is 380 g/mol. The molecule has 0 spiro atoms. The molecule has 1 aromatic carbocycles. The molecule has 9 heteroatoms. The van der Waals surface area contributed by atoms with Crippen LogP contribution in [0, 0.1) is 18.3 Å². The molecular formula is C21H24N8O. The maximum atomic E-state index is 9.71. The van der Waals surface area contributed by atoms with Gasteiger partial charge >= 0.3 is 0 Å². The number of aryl methyl sites for hydroxylation is 2. The third kappa shape index (κ3) is 3.21. The average Bonchev–Trinajstić information content (AvgIpc) is 3.03. The first-order valence-electron chi connectivity index (χ1n) is 9.61. The summed E-state index contributed by atoms with van der Waals surface area (Å²) in [6.45, 7) is 4.48. The first-order chi connectivity index (χ1) is 14.3. The van der Waals surface area contributed by atoms with Crippen molar-refractivity contribution < 1.29 is 4.74 Å². The Balaban J connectivity index is 1.97. The number of nitrogen functional groups attached to an aromatic ring is 1. The second kappa shape index (κ2) is 7.31. The summed E-state index contributed by atoms with van der Waals surface area (Å²) in [7, 11) is 5.72. The van der Waals surface area contributed by atoms with Gasteiger partial charge in [0.25, 0.3) is 5.88 Å². The predicted octanol–water partition coefficient (Wildman–Crippen LogP) is 2.58. The van der Waals surface area contributed by atoms with Crippen LogP contribution >= 0.6 is 0 Å². The van der Waals surface area contributed by atoms with Crippen LogP contribution in [-0.2, 0) is 13.6 Å². The molecule has 1 aliphatic heterocycles. The van der Waals surface area contributed by atoms with Crippen molar-refractivity contribution in [3.63, 3.8) is 0 Å². The van der Waals surface area contributed by atoms with Crippen LogP contribution in [0.4, 0.5) is 11.5 Å². The number of rotatable bonds is 0. The van der Waals surface area contributed by atoms with Gasteiger partial charge in [0.1, 0.15) is 17.9 Å². The normalized spacial score (nSPS) is 16.5. The summed E-state index contributed by atoms with van der Waals surface area (Å²) >= 11 is 0. The van der Waals surface area contributed by atoms with Crippen molar-refractivity contribution in [1.82, 2.24) is 24.8 Å². The maximum Gasteiger partial charge on any atom is 0.258 e. The molecule has 2 N–H and O–H groups in total. The van der Waals surface area contributed by atoms with Crippen molar-refractivity contribution >= 4 is 11.5 Å². The lowest BCUT2D eigenvalue weighted by molar-refractivity contribution is 0.216. The van der Waals surface area contributed by atoms with Crippen LogP contribution in [-0.4, -0.2) is 38.9 Å². The summed E-state index contributed by atoms with van der Waals surface area (Å²) in [6, 6.07) is 8.46. The highest BCUT2D eigenvalue weighted by Gasteiger charge is 2.26. The van der Waals surface area contributed by atoms with Crippen LogP contribution in [0.5, 0.6) is 5.88 Å². The molecule has 0 saturated carbocycles. The van der Waals surface area contributed by atoms with E-state index < -0.39 is 0 Å². The van der Waals surface area contributed by atoms with Gasteiger partial charge in [-0.15, -0.1) is 0 Å². The zero-order valence-electron chi connectivity index (χ0n) is 17.7. The van der Waals surface area contributed by atoms with Gasteiger partial charge in [-0.2, -0.15) is 10.4 Å². The van der Waals surface area contributed by atoms with E-state index in [0.717, 1.165) is 22.5 Å². The van der Waals surface area contributed by atoms with Crippen LogP contribution in [0.1, 0.15) is 35.5 Å². The fourth-order valence-corrected chi connectivity index (χ4v) is 3.71. The van der Waals surface area contributed by atoms with Crippen LogP contribution in [0.2, 0.25) is 0 Å². The zero-order chi connectivity index (χ0) is 21.6. The van der Waals surface area contributed by atoms with Gasteiger partial charge in [0.15, 0.2) is 5.82 Å². The number of hydrogen-bond donors (Lipinski definition) is 1. The molecule has 3 heterocycles. The molecule has 0 saturated heterocycles. The second-order valence-electron chi connectivity index (χ2n) is 7.51. The minimum atomic E-state index is -0.314. The van der Waals surface area contributed by atoms with Crippen molar-refractivity contribution in [1.29, 1.82) is 5.26 Å². The molecule has 154 valence electrons. The van der Waals surface area contributed by atoms with Crippen molar-refractivity contribution in [2.24, 2.45) is 7.05 Å². The molecule has 0 unspecified atom stereocenters. The van der Waals surface area contributed by atoms with E-state index in [0.29, 0.717) is 23.5 Å². The topological polar surface area (TPSA) is 109 Å². The largest absolute Gasteiger partial charge is 0.467 e. The van der Waals surface area contributed by atoms with Gasteiger partial charge < -0.3 is 15.5 Å². The first-order valence-corrected chi connectivity index (χ1v) is 9.61. The molecule has 0 radical (unpaired) electrons. The average molecular weight is 404 g/mol. The van der Waals surface area contributed by atoms with E-state index in [1.807, 2.05) is 33.0 Å². The standard InChI is InChI=1S/C21H24N8O/c1-12-6-7-17-14(8-12)13(2)30-21-20(23)24-10-15(25-21)19-16(11-27(3)29(17)5)26-28(4)18(19)9-22/h6-8,10,13H,11H2,1-5H3,(H2,23,24)/t13-/m1/s1. The van der Waals surface area contributed by atoms with Gasteiger partial charge in [0, 0.05) is 26.7 Å². The highest BCUT2D eigenvalue weighted by Crippen LogP contribution is 2.35. The number of nitrogens with zero attached hydrogens (tertiary/aromatic N) is 7. The molecule has 0 aliphatic carbocycles. The first kappa shape index (κ1) is 19.7. The third-order valence-corrected chi connectivity index (χ3v) is 5.40. The van der Waals surface area contributed by atoms with Gasteiger partial charge in [-0.05, 0) is 19.9 Å². The minimum absolute atomic E-state index is 0.200. The molecule has 1 atom stereocenters. The number of hydrogen-bond acceptors (Lipinski definition) is 8. The van der Waals surface area contributed by atoms with E-state index in [2.05, 4.69) is 44.3 Å². The van der Waals surface area contributed by atoms with Crippen LogP contribution in [0.15, 0.2) is 24.4 Å². The van der Waals surface area contributed by atoms with Crippen molar-refractivity contribution in [2.45, 2.75) is 26.5 Å². The predicted molar refractivity (Wildman–Crippen MR) is 113 cm³/mol. The number of aromatic nitrogens is 4. The molecule has 9 nitrogen and oxygen atoms in total. The molecule has 0 fully saturated rings. The molecule has 1 aliphatic rings. The van der Waals surface area contributed by atoms with E-state index >= 15 is 0 Å². The van der Waals surface area contributed by atoms with E-state index in [-0.39, 0.29) is 17.8 Å². The van der Waals surface area contributed by atoms with Crippen molar-refractivity contribution in [3.8, 4) is 23.2 Å². The van der Waals surface area contributed by atoms with Gasteiger partial charge in [0.2, 0.25) is 0 Å². The lowest BCUT2D eigenvalue weighted by atomic mass is 10.0. The summed E-state index contributed by atoms with van der Waals surface area (Å²) in [5, 5.41) is 18.4. The summed E-state index contributed by atoms with van der Waals surface area (Å²) in [5.41, 5.74) is 11.5. The Kier molecular flexibility index (Phi) is 4.79. The van der Waals surface area contributed by atoms with Gasteiger partial charge in [-0.3, -0.25) is 4.68 Å². The highest BCUT2D eigenvalue weighted by atomic mass is 16.5. The Labute approximate surface area is 175 Å². The molecule has 30 heavy (non-hydrogen) atoms. The van der Waals surface area contributed by atoms with Gasteiger partial charge in [-0.25, -0.2) is 15.0 Å². The van der Waals surface area contributed by atoms with E-state index in [1.54, 1.807) is 17.9 Å². The lowest BCUT2D eigenvalue weighted by Gasteiger charge is -2.33. The van der Waals surface area contributed by atoms with Gasteiger partial charge in [-0.1, -0.05) is 17.7 Å². The summed E-state index contributed by atoms with van der Waals surface area (Å²) in [4.78, 5) is 8.89. The second-order valence-corrected chi connectivity index (χ2v) is 7.51. The maximum absolute atomic E-state index is 9.71. The quantitative estimate of drug-likeness (QED) is 0.609. The Hall–Kier alpha value is -3.64. The van der Waals surface area contributed by atoms with E-state index in [9.17, 15) is 5.26 Å². The molecule has 2 bridgehead atoms. The number of nitrogens with two attached hydrogens (primary N) is 1. The Morgan fingerprint density at radius 2 is 2.03 bits per heavy atom. The number of benzene rings is 1. The van der Waals surface area contributed by atoms with Gasteiger partial charge in [0.05, 0.1) is 35.4 Å².